The Kier molecular flexibility index (Phi) is 4.42. The number of aromatic hydroxyl groups is 1. The van der Waals surface area contributed by atoms with Crippen LogP contribution in [-0.4, -0.2) is 5.11 Å². The van der Waals surface area contributed by atoms with Gasteiger partial charge in [0.1, 0.15) is 0 Å². The van der Waals surface area contributed by atoms with E-state index in [2.05, 4.69) is 0 Å². The van der Waals surface area contributed by atoms with Gasteiger partial charge in [0, 0.05) is 16.6 Å². The van der Waals surface area contributed by atoms with Crippen molar-refractivity contribution in [3.05, 3.63) is 28.5 Å². The molecule has 16 heavy (non-hydrogen) atoms. The summed E-state index contributed by atoms with van der Waals surface area (Å²) in [5, 5.41) is 9.92. The Morgan fingerprint density at radius 2 is 2.06 bits per heavy atom. The van der Waals surface area contributed by atoms with Crippen LogP contribution < -0.4 is 5.73 Å². The average Bonchev–Trinajstić information content (AvgIpc) is 2.09. The van der Waals surface area contributed by atoms with Gasteiger partial charge in [-0.25, -0.2) is 4.39 Å². The van der Waals surface area contributed by atoms with Crippen LogP contribution in [0.2, 0.25) is 5.02 Å². The molecule has 5 heteroatoms. The topological polar surface area (TPSA) is 46.2 Å². The van der Waals surface area contributed by atoms with Gasteiger partial charge in [-0.3, -0.25) is 0 Å². The molecule has 0 bridgehead atoms. The van der Waals surface area contributed by atoms with E-state index in [1.165, 1.54) is 6.07 Å². The fourth-order valence-electron chi connectivity index (χ4n) is 1.91. The largest absolute Gasteiger partial charge is 0.505 e. The number of hydrogen-bond donors (Lipinski definition) is 2. The van der Waals surface area contributed by atoms with E-state index in [0.717, 1.165) is 25.3 Å². The number of halogens is 3. The average molecular weight is 266 g/mol. The van der Waals surface area contributed by atoms with Crippen molar-refractivity contribution in [1.82, 2.24) is 0 Å². The smallest absolute Gasteiger partial charge is 0.165 e. The first kappa shape index (κ1) is 13.6. The van der Waals surface area contributed by atoms with E-state index in [-0.39, 0.29) is 18.4 Å². The van der Waals surface area contributed by atoms with Crippen molar-refractivity contribution in [2.75, 3.05) is 0 Å². The van der Waals surface area contributed by atoms with E-state index < -0.39 is 11.6 Å². The molecule has 1 saturated carbocycles. The van der Waals surface area contributed by atoms with Crippen LogP contribution in [0.3, 0.4) is 0 Å². The van der Waals surface area contributed by atoms with Crippen molar-refractivity contribution >= 4 is 24.0 Å². The van der Waals surface area contributed by atoms with Gasteiger partial charge in [-0.15, -0.1) is 12.4 Å². The molecule has 0 saturated heterocycles. The molecule has 1 aromatic rings. The van der Waals surface area contributed by atoms with Gasteiger partial charge >= 0.3 is 0 Å². The number of nitrogens with two attached hydrogens (primary N) is 1. The van der Waals surface area contributed by atoms with E-state index in [1.54, 1.807) is 0 Å². The van der Waals surface area contributed by atoms with Crippen LogP contribution in [0.25, 0.3) is 0 Å². The standard InChI is InChI=1S/C11H13ClFNO.ClH/c12-7-4-5-8(13)11(15)9(7)10(14)6-2-1-3-6;/h4-6,10,15H,1-3,14H2;1H/t10-;/m1./s1. The Morgan fingerprint density at radius 3 is 2.56 bits per heavy atom. The van der Waals surface area contributed by atoms with Crippen LogP contribution in [0.15, 0.2) is 12.1 Å². The van der Waals surface area contributed by atoms with Crippen LogP contribution in [-0.2, 0) is 0 Å². The predicted octanol–water partition coefficient (Wildman–Crippen LogP) is 3.41. The molecule has 0 spiro atoms. The highest BCUT2D eigenvalue weighted by Crippen LogP contribution is 2.42. The van der Waals surface area contributed by atoms with E-state index in [1.807, 2.05) is 0 Å². The normalized spacial score (nSPS) is 17.4. The number of hydrogen-bond acceptors (Lipinski definition) is 2. The monoisotopic (exact) mass is 265 g/mol. The van der Waals surface area contributed by atoms with E-state index in [9.17, 15) is 9.50 Å². The Bertz CT molecular complexity index is 382. The Morgan fingerprint density at radius 1 is 1.44 bits per heavy atom. The first-order chi connectivity index (χ1) is 7.11. The minimum absolute atomic E-state index is 0. The summed E-state index contributed by atoms with van der Waals surface area (Å²) in [6, 6.07) is 2.22. The van der Waals surface area contributed by atoms with Crippen LogP contribution in [0.1, 0.15) is 30.9 Å². The minimum atomic E-state index is -0.663. The number of benzene rings is 1. The van der Waals surface area contributed by atoms with Crippen LogP contribution in [0.4, 0.5) is 4.39 Å². The van der Waals surface area contributed by atoms with Gasteiger partial charge in [-0.05, 0) is 30.9 Å². The minimum Gasteiger partial charge on any atom is -0.505 e. The second-order valence-electron chi connectivity index (χ2n) is 4.01. The first-order valence-corrected chi connectivity index (χ1v) is 5.41. The molecule has 0 heterocycles. The third kappa shape index (κ3) is 2.26. The molecule has 0 unspecified atom stereocenters. The van der Waals surface area contributed by atoms with Gasteiger partial charge in [0.15, 0.2) is 11.6 Å². The Balaban J connectivity index is 0.00000128. The molecule has 0 amide bonds. The lowest BCUT2D eigenvalue weighted by atomic mass is 9.77. The quantitative estimate of drug-likeness (QED) is 0.861. The van der Waals surface area contributed by atoms with Gasteiger partial charge < -0.3 is 10.8 Å². The number of phenolic OH excluding ortho intramolecular Hbond substituents is 1. The van der Waals surface area contributed by atoms with Gasteiger partial charge in [0.2, 0.25) is 0 Å². The molecule has 1 aliphatic carbocycles. The maximum Gasteiger partial charge on any atom is 0.165 e. The Labute approximate surface area is 105 Å². The molecule has 0 aromatic heterocycles. The van der Waals surface area contributed by atoms with Crippen molar-refractivity contribution in [2.24, 2.45) is 11.7 Å². The summed E-state index contributed by atoms with van der Waals surface area (Å²) >= 11 is 5.91. The maximum atomic E-state index is 13.1. The van der Waals surface area contributed by atoms with E-state index in [0.29, 0.717) is 16.5 Å². The van der Waals surface area contributed by atoms with Gasteiger partial charge in [-0.1, -0.05) is 18.0 Å². The summed E-state index contributed by atoms with van der Waals surface area (Å²) in [5.41, 5.74) is 6.31. The van der Waals surface area contributed by atoms with Crippen molar-refractivity contribution in [1.29, 1.82) is 0 Å². The molecule has 1 aromatic carbocycles. The molecule has 0 radical (unpaired) electrons. The second kappa shape index (κ2) is 5.21. The third-order valence-electron chi connectivity index (χ3n) is 3.11. The fraction of sp³-hybridized carbons (Fsp3) is 0.455. The molecule has 1 aliphatic rings. The number of phenols is 1. The maximum absolute atomic E-state index is 13.1. The summed E-state index contributed by atoms with van der Waals surface area (Å²) < 4.78 is 13.1. The zero-order valence-corrected chi connectivity index (χ0v) is 10.2. The molecule has 3 N–H and O–H groups in total. The van der Waals surface area contributed by atoms with Gasteiger partial charge in [0.05, 0.1) is 0 Å². The van der Waals surface area contributed by atoms with Crippen molar-refractivity contribution < 1.29 is 9.50 Å². The second-order valence-corrected chi connectivity index (χ2v) is 4.42. The summed E-state index contributed by atoms with van der Waals surface area (Å²) in [5.74, 6) is -0.749. The molecule has 1 fully saturated rings. The molecule has 1 atom stereocenters. The Hall–Kier alpha value is -0.510. The van der Waals surface area contributed by atoms with Crippen molar-refractivity contribution in [2.45, 2.75) is 25.3 Å². The first-order valence-electron chi connectivity index (χ1n) is 5.03. The fourth-order valence-corrected chi connectivity index (χ4v) is 2.19. The molecule has 0 aliphatic heterocycles. The highest BCUT2D eigenvalue weighted by molar-refractivity contribution is 6.31. The summed E-state index contributed by atoms with van der Waals surface area (Å²) in [7, 11) is 0. The summed E-state index contributed by atoms with van der Waals surface area (Å²) in [6.45, 7) is 0. The highest BCUT2D eigenvalue weighted by atomic mass is 35.5. The van der Waals surface area contributed by atoms with Crippen LogP contribution >= 0.6 is 24.0 Å². The SMILES string of the molecule is Cl.N[C@@H](c1c(Cl)ccc(F)c1O)C1CCC1. The lowest BCUT2D eigenvalue weighted by molar-refractivity contribution is 0.259. The van der Waals surface area contributed by atoms with E-state index in [4.69, 9.17) is 17.3 Å². The van der Waals surface area contributed by atoms with Crippen molar-refractivity contribution in [3.63, 3.8) is 0 Å². The zero-order chi connectivity index (χ0) is 11.0. The third-order valence-corrected chi connectivity index (χ3v) is 3.44. The molecule has 2 rings (SSSR count). The molecule has 90 valence electrons. The van der Waals surface area contributed by atoms with Crippen LogP contribution in [0, 0.1) is 11.7 Å². The predicted molar refractivity (Wildman–Crippen MR) is 64.6 cm³/mol. The molecule has 2 nitrogen and oxygen atoms in total. The van der Waals surface area contributed by atoms with Gasteiger partial charge in [-0.2, -0.15) is 0 Å². The lowest BCUT2D eigenvalue weighted by Gasteiger charge is -2.32. The highest BCUT2D eigenvalue weighted by Gasteiger charge is 2.29. The summed E-state index contributed by atoms with van der Waals surface area (Å²) in [4.78, 5) is 0. The van der Waals surface area contributed by atoms with E-state index >= 15 is 0 Å². The lowest BCUT2D eigenvalue weighted by Crippen LogP contribution is -2.27. The summed E-state index contributed by atoms with van der Waals surface area (Å²) in [6.07, 6.45) is 3.19. The van der Waals surface area contributed by atoms with Gasteiger partial charge in [0.25, 0.3) is 0 Å². The van der Waals surface area contributed by atoms with Crippen molar-refractivity contribution in [3.8, 4) is 5.75 Å². The number of rotatable bonds is 2. The zero-order valence-electron chi connectivity index (χ0n) is 8.62. The van der Waals surface area contributed by atoms with Crippen LogP contribution in [0.5, 0.6) is 5.75 Å². The molecular formula is C11H14Cl2FNO. The molecular weight excluding hydrogens is 252 g/mol.